The van der Waals surface area contributed by atoms with Gasteiger partial charge in [-0.05, 0) is 40.0 Å². The summed E-state index contributed by atoms with van der Waals surface area (Å²) >= 11 is 3.48. The Balaban J connectivity index is 2.17. The van der Waals surface area contributed by atoms with Crippen molar-refractivity contribution in [2.45, 2.75) is 26.8 Å². The van der Waals surface area contributed by atoms with Crippen LogP contribution in [0.15, 0.2) is 41.0 Å². The van der Waals surface area contributed by atoms with Gasteiger partial charge in [0.25, 0.3) is 0 Å². The van der Waals surface area contributed by atoms with Crippen LogP contribution in [0, 0.1) is 6.92 Å². The highest BCUT2D eigenvalue weighted by atomic mass is 79.9. The molecule has 0 unspecified atom stereocenters. The Morgan fingerprint density at radius 2 is 1.90 bits per heavy atom. The molecular weight excluding hydrogens is 314 g/mol. The predicted octanol–water partition coefficient (Wildman–Crippen LogP) is 4.11. The number of aromatic nitrogens is 3. The number of pyridine rings is 1. The van der Waals surface area contributed by atoms with Crippen LogP contribution in [0.5, 0.6) is 0 Å². The lowest BCUT2D eigenvalue weighted by atomic mass is 10.2. The third kappa shape index (κ3) is 2.36. The highest BCUT2D eigenvalue weighted by Gasteiger charge is 2.13. The molecule has 20 heavy (non-hydrogen) atoms. The van der Waals surface area contributed by atoms with E-state index in [1.165, 1.54) is 5.56 Å². The smallest absolute Gasteiger partial charge is 0.161 e. The Kier molecular flexibility index (Phi) is 3.57. The zero-order valence-electron chi connectivity index (χ0n) is 11.6. The molecular formula is C16H16BrN3. The van der Waals surface area contributed by atoms with Crippen LogP contribution < -0.4 is 0 Å². The molecule has 0 amide bonds. The van der Waals surface area contributed by atoms with Crippen molar-refractivity contribution in [1.29, 1.82) is 0 Å². The molecule has 1 aromatic carbocycles. The van der Waals surface area contributed by atoms with Crippen molar-refractivity contribution in [3.63, 3.8) is 0 Å². The lowest BCUT2D eigenvalue weighted by molar-refractivity contribution is 0.745. The second-order valence-corrected chi connectivity index (χ2v) is 5.70. The molecule has 0 bridgehead atoms. The van der Waals surface area contributed by atoms with Crippen molar-refractivity contribution in [1.82, 2.24) is 14.5 Å². The molecule has 0 radical (unpaired) electrons. The number of rotatable bonds is 3. The lowest BCUT2D eigenvalue weighted by Crippen LogP contribution is -2.05. The van der Waals surface area contributed by atoms with Crippen molar-refractivity contribution < 1.29 is 0 Å². The first kappa shape index (κ1) is 13.3. The van der Waals surface area contributed by atoms with Crippen molar-refractivity contribution in [3.05, 3.63) is 58.0 Å². The summed E-state index contributed by atoms with van der Waals surface area (Å²) in [6.07, 6.45) is 0.903. The van der Waals surface area contributed by atoms with Gasteiger partial charge < -0.3 is 4.57 Å². The summed E-state index contributed by atoms with van der Waals surface area (Å²) < 4.78 is 3.07. The van der Waals surface area contributed by atoms with Gasteiger partial charge in [-0.2, -0.15) is 0 Å². The van der Waals surface area contributed by atoms with E-state index >= 15 is 0 Å². The molecule has 0 N–H and O–H groups in total. The SMILES string of the molecule is CCc1nc2c(C)cc(Br)nc2n1Cc1ccccc1. The molecule has 0 atom stereocenters. The van der Waals surface area contributed by atoms with E-state index in [-0.39, 0.29) is 0 Å². The average molecular weight is 330 g/mol. The Hall–Kier alpha value is -1.68. The molecule has 0 saturated carbocycles. The molecule has 4 heteroatoms. The van der Waals surface area contributed by atoms with Gasteiger partial charge in [0.05, 0.1) is 6.54 Å². The fourth-order valence-corrected chi connectivity index (χ4v) is 2.96. The van der Waals surface area contributed by atoms with Gasteiger partial charge >= 0.3 is 0 Å². The number of halogens is 1. The topological polar surface area (TPSA) is 30.7 Å². The number of benzene rings is 1. The Labute approximate surface area is 126 Å². The van der Waals surface area contributed by atoms with Crippen LogP contribution >= 0.6 is 15.9 Å². The fraction of sp³-hybridized carbons (Fsp3) is 0.250. The van der Waals surface area contributed by atoms with E-state index in [0.717, 1.165) is 40.1 Å². The van der Waals surface area contributed by atoms with E-state index in [4.69, 9.17) is 4.98 Å². The number of hydrogen-bond acceptors (Lipinski definition) is 2. The third-order valence-electron chi connectivity index (χ3n) is 3.44. The van der Waals surface area contributed by atoms with E-state index in [1.807, 2.05) is 12.1 Å². The molecule has 0 fully saturated rings. The first-order valence-electron chi connectivity index (χ1n) is 6.75. The standard InChI is InChI=1S/C16H16BrN3/c1-3-14-19-15-11(2)9-13(17)18-16(15)20(14)10-12-7-5-4-6-8-12/h4-9H,3,10H2,1-2H3. The summed E-state index contributed by atoms with van der Waals surface area (Å²) in [5.74, 6) is 1.08. The summed E-state index contributed by atoms with van der Waals surface area (Å²) in [5, 5.41) is 0. The largest absolute Gasteiger partial charge is 0.308 e. The Morgan fingerprint density at radius 3 is 2.60 bits per heavy atom. The zero-order valence-corrected chi connectivity index (χ0v) is 13.2. The summed E-state index contributed by atoms with van der Waals surface area (Å²) in [6, 6.07) is 12.5. The van der Waals surface area contributed by atoms with Crippen LogP contribution in [0.25, 0.3) is 11.2 Å². The first-order valence-corrected chi connectivity index (χ1v) is 7.54. The van der Waals surface area contributed by atoms with Crippen molar-refractivity contribution in [3.8, 4) is 0 Å². The molecule has 0 aliphatic carbocycles. The molecule has 3 aromatic rings. The second kappa shape index (κ2) is 5.37. The predicted molar refractivity (Wildman–Crippen MR) is 84.9 cm³/mol. The van der Waals surface area contributed by atoms with Gasteiger partial charge in [0.15, 0.2) is 5.65 Å². The van der Waals surface area contributed by atoms with Gasteiger partial charge in [-0.3, -0.25) is 0 Å². The molecule has 3 nitrogen and oxygen atoms in total. The van der Waals surface area contributed by atoms with E-state index in [1.54, 1.807) is 0 Å². The minimum Gasteiger partial charge on any atom is -0.308 e. The van der Waals surface area contributed by atoms with Crippen LogP contribution in [0.1, 0.15) is 23.9 Å². The summed E-state index contributed by atoms with van der Waals surface area (Å²) in [4.78, 5) is 9.37. The molecule has 2 heterocycles. The van der Waals surface area contributed by atoms with Crippen molar-refractivity contribution in [2.75, 3.05) is 0 Å². The maximum atomic E-state index is 4.75. The summed E-state index contributed by atoms with van der Waals surface area (Å²) in [7, 11) is 0. The zero-order chi connectivity index (χ0) is 14.1. The fourth-order valence-electron chi connectivity index (χ4n) is 2.45. The molecule has 0 spiro atoms. The quantitative estimate of drug-likeness (QED) is 0.677. The normalized spacial score (nSPS) is 11.2. The number of nitrogens with zero attached hydrogens (tertiary/aromatic N) is 3. The molecule has 0 aliphatic rings. The maximum Gasteiger partial charge on any atom is 0.161 e. The summed E-state index contributed by atoms with van der Waals surface area (Å²) in [6.45, 7) is 5.02. The van der Waals surface area contributed by atoms with Crippen LogP contribution in [-0.4, -0.2) is 14.5 Å². The van der Waals surface area contributed by atoms with Gasteiger partial charge in [-0.25, -0.2) is 9.97 Å². The van der Waals surface area contributed by atoms with Crippen molar-refractivity contribution >= 4 is 27.1 Å². The minimum atomic E-state index is 0.809. The lowest BCUT2D eigenvalue weighted by Gasteiger charge is -2.08. The monoisotopic (exact) mass is 329 g/mol. The van der Waals surface area contributed by atoms with Crippen molar-refractivity contribution in [2.24, 2.45) is 0 Å². The van der Waals surface area contributed by atoms with Crippen LogP contribution in [0.2, 0.25) is 0 Å². The van der Waals surface area contributed by atoms with Gasteiger partial charge in [-0.1, -0.05) is 37.3 Å². The second-order valence-electron chi connectivity index (χ2n) is 4.89. The molecule has 2 aromatic heterocycles. The van der Waals surface area contributed by atoms with E-state index in [2.05, 4.69) is 63.6 Å². The Morgan fingerprint density at radius 1 is 1.15 bits per heavy atom. The van der Waals surface area contributed by atoms with E-state index in [9.17, 15) is 0 Å². The van der Waals surface area contributed by atoms with Gasteiger partial charge in [0.2, 0.25) is 0 Å². The number of aryl methyl sites for hydroxylation is 2. The highest BCUT2D eigenvalue weighted by molar-refractivity contribution is 9.10. The molecule has 0 aliphatic heterocycles. The molecule has 102 valence electrons. The minimum absolute atomic E-state index is 0.809. The number of hydrogen-bond donors (Lipinski definition) is 0. The first-order chi connectivity index (χ1) is 9.69. The van der Waals surface area contributed by atoms with E-state index in [0.29, 0.717) is 0 Å². The maximum absolute atomic E-state index is 4.75. The van der Waals surface area contributed by atoms with Crippen LogP contribution in [-0.2, 0) is 13.0 Å². The van der Waals surface area contributed by atoms with Gasteiger partial charge in [-0.15, -0.1) is 0 Å². The Bertz CT molecular complexity index is 747. The average Bonchev–Trinajstić information content (AvgIpc) is 2.78. The van der Waals surface area contributed by atoms with Crippen LogP contribution in [0.4, 0.5) is 0 Å². The molecule has 3 rings (SSSR count). The summed E-state index contributed by atoms with van der Waals surface area (Å²) in [5.41, 5.74) is 4.38. The number of fused-ring (bicyclic) bond motifs is 1. The highest BCUT2D eigenvalue weighted by Crippen LogP contribution is 2.22. The van der Waals surface area contributed by atoms with Gasteiger partial charge in [0, 0.05) is 6.42 Å². The number of imidazole rings is 1. The third-order valence-corrected chi connectivity index (χ3v) is 3.85. The van der Waals surface area contributed by atoms with E-state index < -0.39 is 0 Å². The molecule has 0 saturated heterocycles. The van der Waals surface area contributed by atoms with Crippen LogP contribution in [0.3, 0.4) is 0 Å². The van der Waals surface area contributed by atoms with Gasteiger partial charge in [0.1, 0.15) is 15.9 Å².